The van der Waals surface area contributed by atoms with Gasteiger partial charge in [-0.1, -0.05) is 30.3 Å². The molecule has 0 unspecified atom stereocenters. The fourth-order valence-corrected chi connectivity index (χ4v) is 5.12. The van der Waals surface area contributed by atoms with Crippen molar-refractivity contribution in [2.45, 2.75) is 30.8 Å². The van der Waals surface area contributed by atoms with Gasteiger partial charge in [-0.25, -0.2) is 12.7 Å². The number of hydrogen-bond acceptors (Lipinski definition) is 5. The Morgan fingerprint density at radius 2 is 1.71 bits per heavy atom. The predicted molar refractivity (Wildman–Crippen MR) is 132 cm³/mol. The smallest absolute Gasteiger partial charge is 0.256 e. The Labute approximate surface area is 201 Å². The van der Waals surface area contributed by atoms with Crippen molar-refractivity contribution >= 4 is 21.6 Å². The highest BCUT2D eigenvalue weighted by molar-refractivity contribution is 7.89. The van der Waals surface area contributed by atoms with Gasteiger partial charge in [0.15, 0.2) is 0 Å². The molecule has 0 aliphatic carbocycles. The number of sulfonamides is 1. The van der Waals surface area contributed by atoms with E-state index in [4.69, 9.17) is 0 Å². The van der Waals surface area contributed by atoms with E-state index in [0.29, 0.717) is 18.7 Å². The summed E-state index contributed by atoms with van der Waals surface area (Å²) in [5.74, 6) is -0.214. The SMILES string of the molecule is CN(Cc1cnn(Cc2ccccc2)c1)C(=O)c1cc(S(=O)(=O)N(C)C)ccc1N1CCCC1. The molecule has 0 atom stereocenters. The lowest BCUT2D eigenvalue weighted by molar-refractivity contribution is 0.0785. The van der Waals surface area contributed by atoms with Crippen molar-refractivity contribution in [3.8, 4) is 0 Å². The quantitative estimate of drug-likeness (QED) is 0.494. The molecule has 8 nitrogen and oxygen atoms in total. The van der Waals surface area contributed by atoms with Crippen LogP contribution in [0.2, 0.25) is 0 Å². The van der Waals surface area contributed by atoms with Gasteiger partial charge in [0.05, 0.1) is 23.2 Å². The van der Waals surface area contributed by atoms with Gasteiger partial charge in [-0.05, 0) is 36.6 Å². The highest BCUT2D eigenvalue weighted by atomic mass is 32.2. The molecule has 4 rings (SSSR count). The van der Waals surface area contributed by atoms with Crippen molar-refractivity contribution in [1.29, 1.82) is 0 Å². The Kier molecular flexibility index (Phi) is 7.04. The summed E-state index contributed by atoms with van der Waals surface area (Å²) in [6.45, 7) is 2.74. The maximum Gasteiger partial charge on any atom is 0.256 e. The third-order valence-corrected chi connectivity index (χ3v) is 7.88. The summed E-state index contributed by atoms with van der Waals surface area (Å²) in [4.78, 5) is 17.4. The summed E-state index contributed by atoms with van der Waals surface area (Å²) in [5.41, 5.74) is 3.25. The molecule has 1 aliphatic rings. The third-order valence-electron chi connectivity index (χ3n) is 6.06. The van der Waals surface area contributed by atoms with Crippen LogP contribution in [0, 0.1) is 0 Å². The fourth-order valence-electron chi connectivity index (χ4n) is 4.19. The van der Waals surface area contributed by atoms with Crippen molar-refractivity contribution in [1.82, 2.24) is 19.0 Å². The first-order chi connectivity index (χ1) is 16.3. The molecule has 2 heterocycles. The predicted octanol–water partition coefficient (Wildman–Crippen LogP) is 3.05. The summed E-state index contributed by atoms with van der Waals surface area (Å²) in [7, 11) is 1.06. The van der Waals surface area contributed by atoms with Crippen LogP contribution < -0.4 is 4.90 Å². The zero-order valence-corrected chi connectivity index (χ0v) is 20.7. The molecule has 1 aromatic heterocycles. The van der Waals surface area contributed by atoms with Gasteiger partial charge in [0, 0.05) is 58.2 Å². The number of anilines is 1. The average Bonchev–Trinajstić information content (AvgIpc) is 3.51. The molecule has 0 radical (unpaired) electrons. The standard InChI is InChI=1S/C25H31N5O3S/c1-27(2)34(32,33)22-11-12-24(29-13-7-8-14-29)23(15-22)25(31)28(3)17-21-16-26-30(19-21)18-20-9-5-4-6-10-20/h4-6,9-12,15-16,19H,7-8,13-14,17-18H2,1-3H3. The molecule has 1 aliphatic heterocycles. The molecular formula is C25H31N5O3S. The Morgan fingerprint density at radius 3 is 2.38 bits per heavy atom. The molecule has 1 saturated heterocycles. The average molecular weight is 482 g/mol. The second-order valence-electron chi connectivity index (χ2n) is 8.85. The van der Waals surface area contributed by atoms with Crippen molar-refractivity contribution in [3.05, 3.63) is 77.6 Å². The summed E-state index contributed by atoms with van der Waals surface area (Å²) < 4.78 is 28.5. The van der Waals surface area contributed by atoms with Crippen LogP contribution in [0.25, 0.3) is 0 Å². The second-order valence-corrected chi connectivity index (χ2v) is 11.0. The van der Waals surface area contributed by atoms with Crippen LogP contribution in [0.15, 0.2) is 65.8 Å². The third kappa shape index (κ3) is 5.15. The first-order valence-electron chi connectivity index (χ1n) is 11.4. The second kappa shape index (κ2) is 9.99. The lowest BCUT2D eigenvalue weighted by Crippen LogP contribution is -2.30. The first kappa shape index (κ1) is 24.0. The van der Waals surface area contributed by atoms with Crippen molar-refractivity contribution in [3.63, 3.8) is 0 Å². The van der Waals surface area contributed by atoms with E-state index in [2.05, 4.69) is 10.00 Å². The topological polar surface area (TPSA) is 78.8 Å². The summed E-state index contributed by atoms with van der Waals surface area (Å²) in [6, 6.07) is 14.9. The van der Waals surface area contributed by atoms with E-state index in [0.717, 1.165) is 47.1 Å². The van der Waals surface area contributed by atoms with Gasteiger partial charge in [-0.3, -0.25) is 9.48 Å². The molecule has 0 N–H and O–H groups in total. The van der Waals surface area contributed by atoms with Gasteiger partial charge >= 0.3 is 0 Å². The van der Waals surface area contributed by atoms with Crippen molar-refractivity contribution < 1.29 is 13.2 Å². The zero-order chi connectivity index (χ0) is 24.3. The maximum absolute atomic E-state index is 13.5. The number of aromatic nitrogens is 2. The lowest BCUT2D eigenvalue weighted by atomic mass is 10.1. The normalized spacial score (nSPS) is 14.1. The van der Waals surface area contributed by atoms with Crippen LogP contribution >= 0.6 is 0 Å². The number of amides is 1. The Morgan fingerprint density at radius 1 is 1.00 bits per heavy atom. The minimum Gasteiger partial charge on any atom is -0.371 e. The number of benzene rings is 2. The van der Waals surface area contributed by atoms with E-state index in [1.165, 1.54) is 20.2 Å². The Balaban J connectivity index is 1.57. The summed E-state index contributed by atoms with van der Waals surface area (Å²) >= 11 is 0. The van der Waals surface area contributed by atoms with E-state index in [9.17, 15) is 13.2 Å². The molecule has 2 aromatic carbocycles. The van der Waals surface area contributed by atoms with Crippen LogP contribution in [0.5, 0.6) is 0 Å². The number of carbonyl (C=O) groups is 1. The lowest BCUT2D eigenvalue weighted by Gasteiger charge is -2.25. The maximum atomic E-state index is 13.5. The molecule has 34 heavy (non-hydrogen) atoms. The van der Waals surface area contributed by atoms with Gasteiger partial charge in [-0.2, -0.15) is 5.10 Å². The van der Waals surface area contributed by atoms with Crippen LogP contribution in [-0.4, -0.2) is 67.5 Å². The molecular weight excluding hydrogens is 450 g/mol. The van der Waals surface area contributed by atoms with E-state index < -0.39 is 10.0 Å². The van der Waals surface area contributed by atoms with E-state index in [1.807, 2.05) is 41.2 Å². The van der Waals surface area contributed by atoms with Crippen LogP contribution in [0.4, 0.5) is 5.69 Å². The molecule has 180 valence electrons. The Bertz CT molecular complexity index is 1250. The van der Waals surface area contributed by atoms with Gasteiger partial charge in [-0.15, -0.1) is 0 Å². The largest absolute Gasteiger partial charge is 0.371 e. The van der Waals surface area contributed by atoms with Gasteiger partial charge in [0.25, 0.3) is 5.91 Å². The molecule has 0 saturated carbocycles. The molecule has 0 spiro atoms. The first-order valence-corrected chi connectivity index (χ1v) is 12.8. The van der Waals surface area contributed by atoms with Crippen molar-refractivity contribution in [2.24, 2.45) is 0 Å². The van der Waals surface area contributed by atoms with Crippen molar-refractivity contribution in [2.75, 3.05) is 39.1 Å². The van der Waals surface area contributed by atoms with Crippen LogP contribution in [0.1, 0.15) is 34.3 Å². The molecule has 9 heteroatoms. The minimum atomic E-state index is -3.65. The highest BCUT2D eigenvalue weighted by Crippen LogP contribution is 2.29. The number of rotatable bonds is 8. The van der Waals surface area contributed by atoms with Gasteiger partial charge in [0.2, 0.25) is 10.0 Å². The minimum absolute atomic E-state index is 0.118. The summed E-state index contributed by atoms with van der Waals surface area (Å²) in [5, 5.41) is 4.43. The number of carbonyl (C=O) groups excluding carboxylic acids is 1. The molecule has 3 aromatic rings. The summed E-state index contributed by atoms with van der Waals surface area (Å²) in [6.07, 6.45) is 5.82. The van der Waals surface area contributed by atoms with Gasteiger partial charge < -0.3 is 9.80 Å². The van der Waals surface area contributed by atoms with E-state index >= 15 is 0 Å². The monoisotopic (exact) mass is 481 g/mol. The van der Waals surface area contributed by atoms with Crippen LogP contribution in [-0.2, 0) is 23.1 Å². The van der Waals surface area contributed by atoms with E-state index in [-0.39, 0.29) is 10.8 Å². The highest BCUT2D eigenvalue weighted by Gasteiger charge is 2.26. The Hall–Kier alpha value is -3.17. The zero-order valence-electron chi connectivity index (χ0n) is 19.9. The van der Waals surface area contributed by atoms with Gasteiger partial charge in [0.1, 0.15) is 0 Å². The number of hydrogen-bond donors (Lipinski definition) is 0. The molecule has 1 amide bonds. The molecule has 1 fully saturated rings. The van der Waals surface area contributed by atoms with E-state index in [1.54, 1.807) is 30.3 Å². The van der Waals surface area contributed by atoms with Crippen LogP contribution in [0.3, 0.4) is 0 Å². The molecule has 0 bridgehead atoms. The fraction of sp³-hybridized carbons (Fsp3) is 0.360. The number of nitrogens with zero attached hydrogens (tertiary/aromatic N) is 5.